The Morgan fingerprint density at radius 3 is 3.00 bits per heavy atom. The summed E-state index contributed by atoms with van der Waals surface area (Å²) >= 11 is 0. The summed E-state index contributed by atoms with van der Waals surface area (Å²) in [5, 5.41) is 11.8. The topological polar surface area (TPSA) is 41.1 Å². The van der Waals surface area contributed by atoms with Crippen LogP contribution in [0.5, 0.6) is 0 Å². The summed E-state index contributed by atoms with van der Waals surface area (Å²) in [4.78, 5) is 0. The normalized spacial score (nSPS) is 13.5. The third-order valence-corrected chi connectivity index (χ3v) is 2.18. The molecule has 4 heteroatoms. The van der Waals surface area contributed by atoms with E-state index in [2.05, 4.69) is 29.1 Å². The number of aryl methyl sites for hydroxylation is 1. The van der Waals surface area contributed by atoms with Crippen LogP contribution in [0.2, 0.25) is 0 Å². The Balaban J connectivity index is 2.72. The number of nitrogens with zero attached hydrogens (tertiary/aromatic N) is 3. The van der Waals surface area contributed by atoms with E-state index in [4.69, 9.17) is 0 Å². The van der Waals surface area contributed by atoms with Gasteiger partial charge in [0.05, 0.1) is 16.7 Å². The van der Waals surface area contributed by atoms with Gasteiger partial charge in [-0.2, -0.15) is 10.2 Å². The highest BCUT2D eigenvalue weighted by Gasteiger charge is 2.14. The van der Waals surface area contributed by atoms with Gasteiger partial charge in [-0.05, 0) is 13.8 Å². The third-order valence-electron chi connectivity index (χ3n) is 2.18. The number of hydrazine groups is 1. The van der Waals surface area contributed by atoms with Crippen molar-refractivity contribution >= 4 is 18.5 Å². The van der Waals surface area contributed by atoms with Crippen LogP contribution in [0.1, 0.15) is 12.6 Å². The highest BCUT2D eigenvalue weighted by Crippen LogP contribution is 2.10. The maximum absolute atomic E-state index is 4.03. The minimum absolute atomic E-state index is 0.726. The maximum Gasteiger partial charge on any atom is 0.0912 e. The lowest BCUT2D eigenvalue weighted by Gasteiger charge is -2.18. The summed E-state index contributed by atoms with van der Waals surface area (Å²) in [7, 11) is 0. The molecule has 1 aliphatic rings. The second-order valence-corrected chi connectivity index (χ2v) is 3.01. The van der Waals surface area contributed by atoms with Crippen molar-refractivity contribution < 1.29 is 0 Å². The standard InChI is InChI=1S/C9H12N4/c1-4-13-9-7(3)12-11-6(2)8(9)5-10-13/h5,10H,2,4H2,1,3H3. The zero-order chi connectivity index (χ0) is 9.42. The summed E-state index contributed by atoms with van der Waals surface area (Å²) in [5.41, 5.74) is 5.18. The number of rotatable bonds is 1. The molecule has 0 atom stereocenters. The molecule has 0 amide bonds. The van der Waals surface area contributed by atoms with Crippen LogP contribution in [0, 0.1) is 6.92 Å². The van der Waals surface area contributed by atoms with Gasteiger partial charge in [0.25, 0.3) is 0 Å². The highest BCUT2D eigenvalue weighted by atomic mass is 15.5. The maximum atomic E-state index is 4.03. The fraction of sp³-hybridized carbons (Fsp3) is 0.333. The van der Waals surface area contributed by atoms with Crippen LogP contribution < -0.4 is 21.0 Å². The van der Waals surface area contributed by atoms with E-state index in [1.807, 2.05) is 18.1 Å². The number of nitrogens with one attached hydrogen (secondary N) is 1. The molecule has 0 aliphatic carbocycles. The molecule has 0 radical (unpaired) electrons. The fourth-order valence-electron chi connectivity index (χ4n) is 1.52. The average molecular weight is 176 g/mol. The summed E-state index contributed by atoms with van der Waals surface area (Å²) in [6.45, 7) is 8.76. The SMILES string of the molecule is C=c1nnc(C)c2c1=CNN2CC. The van der Waals surface area contributed by atoms with E-state index in [0.29, 0.717) is 0 Å². The predicted octanol–water partition coefficient (Wildman–Crippen LogP) is -0.722. The van der Waals surface area contributed by atoms with Gasteiger partial charge < -0.3 is 5.43 Å². The van der Waals surface area contributed by atoms with E-state index >= 15 is 0 Å². The third kappa shape index (κ3) is 1.06. The lowest BCUT2D eigenvalue weighted by atomic mass is 10.3. The molecule has 0 bridgehead atoms. The lowest BCUT2D eigenvalue weighted by molar-refractivity contribution is 0.795. The molecule has 0 saturated heterocycles. The van der Waals surface area contributed by atoms with Crippen LogP contribution in [-0.2, 0) is 0 Å². The highest BCUT2D eigenvalue weighted by molar-refractivity contribution is 5.58. The van der Waals surface area contributed by atoms with Crippen LogP contribution in [0.25, 0.3) is 12.8 Å². The molecule has 0 saturated carbocycles. The van der Waals surface area contributed by atoms with Gasteiger partial charge in [-0.15, -0.1) is 0 Å². The molecule has 0 fully saturated rings. The minimum Gasteiger partial charge on any atom is -0.305 e. The molecule has 68 valence electrons. The molecule has 0 unspecified atom stereocenters. The van der Waals surface area contributed by atoms with E-state index in [9.17, 15) is 0 Å². The summed E-state index contributed by atoms with van der Waals surface area (Å²) in [6, 6.07) is 0. The van der Waals surface area contributed by atoms with Crippen LogP contribution in [0.15, 0.2) is 0 Å². The van der Waals surface area contributed by atoms with Crippen molar-refractivity contribution in [2.45, 2.75) is 13.8 Å². The Morgan fingerprint density at radius 2 is 2.31 bits per heavy atom. The van der Waals surface area contributed by atoms with Crippen molar-refractivity contribution in [2.24, 2.45) is 0 Å². The number of aromatic nitrogens is 2. The number of hydrogen-bond donors (Lipinski definition) is 1. The largest absolute Gasteiger partial charge is 0.305 e. The molecule has 1 aromatic rings. The molecule has 2 rings (SSSR count). The van der Waals surface area contributed by atoms with Crippen molar-refractivity contribution in [2.75, 3.05) is 11.6 Å². The number of hydrogen-bond acceptors (Lipinski definition) is 4. The second kappa shape index (κ2) is 2.73. The Labute approximate surface area is 76.6 Å². The summed E-state index contributed by atoms with van der Waals surface area (Å²) < 4.78 is 0. The molecule has 2 heterocycles. The smallest absolute Gasteiger partial charge is 0.0912 e. The van der Waals surface area contributed by atoms with Crippen molar-refractivity contribution in [3.8, 4) is 0 Å². The van der Waals surface area contributed by atoms with Gasteiger partial charge in [0.15, 0.2) is 0 Å². The van der Waals surface area contributed by atoms with Crippen molar-refractivity contribution in [1.29, 1.82) is 0 Å². The molecule has 1 N–H and O–H groups in total. The fourth-order valence-corrected chi connectivity index (χ4v) is 1.52. The van der Waals surface area contributed by atoms with Gasteiger partial charge in [-0.25, -0.2) is 0 Å². The monoisotopic (exact) mass is 176 g/mol. The van der Waals surface area contributed by atoms with E-state index in [0.717, 1.165) is 28.5 Å². The molecular weight excluding hydrogens is 164 g/mol. The van der Waals surface area contributed by atoms with E-state index < -0.39 is 0 Å². The molecule has 4 nitrogen and oxygen atoms in total. The van der Waals surface area contributed by atoms with E-state index in [1.165, 1.54) is 0 Å². The summed E-state index contributed by atoms with van der Waals surface area (Å²) in [6.07, 6.45) is 1.92. The number of fused-ring (bicyclic) bond motifs is 1. The van der Waals surface area contributed by atoms with Crippen LogP contribution in [-0.4, -0.2) is 16.7 Å². The summed E-state index contributed by atoms with van der Waals surface area (Å²) in [5.74, 6) is 0. The van der Waals surface area contributed by atoms with Gasteiger partial charge in [0.1, 0.15) is 0 Å². The van der Waals surface area contributed by atoms with Gasteiger partial charge >= 0.3 is 0 Å². The van der Waals surface area contributed by atoms with Crippen molar-refractivity contribution in [1.82, 2.24) is 15.6 Å². The zero-order valence-electron chi connectivity index (χ0n) is 7.83. The first-order valence-electron chi connectivity index (χ1n) is 4.30. The Morgan fingerprint density at radius 1 is 1.54 bits per heavy atom. The minimum atomic E-state index is 0.726. The van der Waals surface area contributed by atoms with Crippen molar-refractivity contribution in [3.63, 3.8) is 0 Å². The van der Waals surface area contributed by atoms with Gasteiger partial charge in [-0.1, -0.05) is 6.58 Å². The van der Waals surface area contributed by atoms with Crippen molar-refractivity contribution in [3.05, 3.63) is 16.3 Å². The average Bonchev–Trinajstić information content (AvgIpc) is 2.56. The molecule has 0 aromatic carbocycles. The van der Waals surface area contributed by atoms with Crippen LogP contribution in [0.4, 0.5) is 5.69 Å². The van der Waals surface area contributed by atoms with E-state index in [-0.39, 0.29) is 0 Å². The first-order valence-corrected chi connectivity index (χ1v) is 4.30. The molecule has 1 aromatic heterocycles. The van der Waals surface area contributed by atoms with Gasteiger partial charge in [0.2, 0.25) is 0 Å². The van der Waals surface area contributed by atoms with E-state index in [1.54, 1.807) is 0 Å². The molecule has 0 spiro atoms. The number of anilines is 1. The quantitative estimate of drug-likeness (QED) is 0.613. The zero-order valence-corrected chi connectivity index (χ0v) is 7.83. The van der Waals surface area contributed by atoms with Gasteiger partial charge in [-0.3, -0.25) is 5.01 Å². The first-order chi connectivity index (χ1) is 6.24. The first kappa shape index (κ1) is 8.04. The second-order valence-electron chi connectivity index (χ2n) is 3.01. The molecule has 13 heavy (non-hydrogen) atoms. The molecular formula is C9H12N4. The van der Waals surface area contributed by atoms with Crippen LogP contribution >= 0.6 is 0 Å². The lowest BCUT2D eigenvalue weighted by Crippen LogP contribution is -2.34. The van der Waals surface area contributed by atoms with Gasteiger partial charge in [0, 0.05) is 18.0 Å². The van der Waals surface area contributed by atoms with Crippen LogP contribution in [0.3, 0.4) is 0 Å². The Kier molecular flexibility index (Phi) is 1.69. The molecule has 1 aliphatic heterocycles. The predicted molar refractivity (Wildman–Crippen MR) is 52.2 cm³/mol. The Hall–Kier alpha value is -1.58. The Bertz CT molecular complexity index is 438.